The minimum Gasteiger partial charge on any atom is -0.478 e. The van der Waals surface area contributed by atoms with Crippen LogP contribution in [0.1, 0.15) is 5.56 Å². The highest BCUT2D eigenvalue weighted by Crippen LogP contribution is 2.36. The van der Waals surface area contributed by atoms with Gasteiger partial charge in [0.1, 0.15) is 4.90 Å². The molecule has 14 heteroatoms. The summed E-state index contributed by atoms with van der Waals surface area (Å²) in [6.45, 7) is 0.323. The molecular weight excluding hydrogens is 481 g/mol. The Hall–Kier alpha value is -3.55. The molecule has 33 heavy (non-hydrogen) atoms. The fourth-order valence-corrected chi connectivity index (χ4v) is 4.35. The van der Waals surface area contributed by atoms with Crippen LogP contribution in [-0.2, 0) is 33.2 Å². The second-order valence-corrected chi connectivity index (χ2v) is 8.54. The van der Waals surface area contributed by atoms with E-state index < -0.39 is 27.9 Å². The van der Waals surface area contributed by atoms with Crippen molar-refractivity contribution in [1.29, 1.82) is 0 Å². The number of aliphatic carboxylic acids is 2. The van der Waals surface area contributed by atoms with Gasteiger partial charge in [0.15, 0.2) is 0 Å². The van der Waals surface area contributed by atoms with Crippen LogP contribution in [0.3, 0.4) is 0 Å². The summed E-state index contributed by atoms with van der Waals surface area (Å²) in [7, 11) is -0.698. The number of nitrogens with one attached hydrogen (secondary N) is 1. The second kappa shape index (κ2) is 10.8. The molecule has 0 aliphatic rings. The number of aromatic nitrogens is 4. The summed E-state index contributed by atoms with van der Waals surface area (Å²) >= 11 is 6.37. The van der Waals surface area contributed by atoms with Gasteiger partial charge in [-0.3, -0.25) is 4.68 Å². The average molecular weight is 500 g/mol. The summed E-state index contributed by atoms with van der Waals surface area (Å²) < 4.78 is 42.6. The molecule has 176 valence electrons. The van der Waals surface area contributed by atoms with Crippen LogP contribution < -0.4 is 5.32 Å². The molecule has 3 aromatic heterocycles. The summed E-state index contributed by atoms with van der Waals surface area (Å²) in [5.74, 6) is -3.32. The molecule has 0 unspecified atom stereocenters. The lowest BCUT2D eigenvalue weighted by Gasteiger charge is -2.10. The van der Waals surface area contributed by atoms with Crippen LogP contribution >= 0.6 is 11.6 Å². The average Bonchev–Trinajstić information content (AvgIpc) is 3.32. The first-order valence-corrected chi connectivity index (χ1v) is 10.8. The number of nitrogens with zero attached hydrogens (tertiary/aromatic N) is 4. The topological polar surface area (TPSA) is 156 Å². The van der Waals surface area contributed by atoms with E-state index in [-0.39, 0.29) is 21.2 Å². The van der Waals surface area contributed by atoms with Crippen LogP contribution in [-0.4, -0.2) is 56.4 Å². The minimum absolute atomic E-state index is 0.00215. The first-order valence-electron chi connectivity index (χ1n) is 9.02. The molecule has 0 atom stereocenters. The SMILES string of the molecule is CNCc1cn(S(=O)(=O)c2cnn(C)c2)c(-c2cccnc2F)c1Cl.O=C(O)/C=C/C(=O)O. The molecule has 0 bridgehead atoms. The van der Waals surface area contributed by atoms with Crippen LogP contribution in [0.2, 0.25) is 5.02 Å². The molecule has 0 saturated heterocycles. The van der Waals surface area contributed by atoms with E-state index in [0.717, 1.165) is 3.97 Å². The third-order valence-corrected chi connectivity index (χ3v) is 6.01. The zero-order chi connectivity index (χ0) is 24.8. The van der Waals surface area contributed by atoms with Gasteiger partial charge in [0, 0.05) is 49.9 Å². The van der Waals surface area contributed by atoms with E-state index in [9.17, 15) is 22.4 Å². The Labute approximate surface area is 192 Å². The predicted molar refractivity (Wildman–Crippen MR) is 116 cm³/mol. The molecule has 11 nitrogen and oxygen atoms in total. The monoisotopic (exact) mass is 499 g/mol. The summed E-state index contributed by atoms with van der Waals surface area (Å²) in [5.41, 5.74) is 0.554. The second-order valence-electron chi connectivity index (χ2n) is 6.35. The number of carboxylic acid groups (broad SMARTS) is 2. The number of hydrogen-bond donors (Lipinski definition) is 3. The molecular formula is C19H19ClFN5O6S. The maximum absolute atomic E-state index is 14.2. The number of hydrogen-bond acceptors (Lipinski definition) is 7. The molecule has 3 aromatic rings. The van der Waals surface area contributed by atoms with Crippen molar-refractivity contribution in [3.8, 4) is 11.3 Å². The Morgan fingerprint density at radius 3 is 2.36 bits per heavy atom. The number of carboxylic acids is 2. The van der Waals surface area contributed by atoms with Crippen LogP contribution in [0, 0.1) is 5.95 Å². The zero-order valence-electron chi connectivity index (χ0n) is 17.3. The molecule has 0 aliphatic carbocycles. The first-order chi connectivity index (χ1) is 15.5. The highest BCUT2D eigenvalue weighted by atomic mass is 35.5. The number of rotatable bonds is 7. The zero-order valence-corrected chi connectivity index (χ0v) is 18.9. The van der Waals surface area contributed by atoms with Crippen molar-refractivity contribution >= 4 is 33.6 Å². The van der Waals surface area contributed by atoms with Gasteiger partial charge < -0.3 is 15.5 Å². The van der Waals surface area contributed by atoms with Crippen LogP contribution in [0.5, 0.6) is 0 Å². The Morgan fingerprint density at radius 2 is 1.88 bits per heavy atom. The maximum atomic E-state index is 14.2. The van der Waals surface area contributed by atoms with E-state index in [1.165, 1.54) is 41.6 Å². The standard InChI is InChI=1S/C15H15ClFN5O2S.C4H4O4/c1-18-6-10-8-22(25(23,24)11-7-20-21(2)9-11)14(13(10)16)12-4-3-5-19-15(12)17;5-3(6)1-2-4(7)8/h3-5,7-9,18H,6H2,1-2H3;1-2H,(H,5,6)(H,7,8)/b;2-1+. The molecule has 0 aromatic carbocycles. The maximum Gasteiger partial charge on any atom is 0.328 e. The van der Waals surface area contributed by atoms with Gasteiger partial charge in [-0.25, -0.2) is 27.0 Å². The van der Waals surface area contributed by atoms with Crippen molar-refractivity contribution in [1.82, 2.24) is 24.1 Å². The molecule has 3 N–H and O–H groups in total. The number of halogens is 2. The Balaban J connectivity index is 0.000000414. The van der Waals surface area contributed by atoms with Crippen molar-refractivity contribution in [2.75, 3.05) is 7.05 Å². The lowest BCUT2D eigenvalue weighted by Crippen LogP contribution is -2.13. The highest BCUT2D eigenvalue weighted by molar-refractivity contribution is 7.90. The van der Waals surface area contributed by atoms with Gasteiger partial charge in [0.05, 0.1) is 22.5 Å². The van der Waals surface area contributed by atoms with E-state index in [1.54, 1.807) is 14.1 Å². The van der Waals surface area contributed by atoms with Gasteiger partial charge >= 0.3 is 11.9 Å². The van der Waals surface area contributed by atoms with Crippen LogP contribution in [0.4, 0.5) is 4.39 Å². The summed E-state index contributed by atoms with van der Waals surface area (Å²) in [6, 6.07) is 2.95. The lowest BCUT2D eigenvalue weighted by molar-refractivity contribution is -0.134. The minimum atomic E-state index is -4.01. The number of pyridine rings is 1. The van der Waals surface area contributed by atoms with Gasteiger partial charge in [0.25, 0.3) is 10.0 Å². The van der Waals surface area contributed by atoms with E-state index in [4.69, 9.17) is 21.8 Å². The van der Waals surface area contributed by atoms with E-state index in [1.807, 2.05) is 0 Å². The summed E-state index contributed by atoms with van der Waals surface area (Å²) in [6.07, 6.45) is 6.37. The molecule has 3 heterocycles. The first kappa shape index (κ1) is 25.7. The van der Waals surface area contributed by atoms with Crippen LogP contribution in [0.15, 0.2) is 54.0 Å². The van der Waals surface area contributed by atoms with Gasteiger partial charge in [-0.15, -0.1) is 0 Å². The molecule has 0 spiro atoms. The summed E-state index contributed by atoms with van der Waals surface area (Å²) in [5, 5.41) is 22.6. The summed E-state index contributed by atoms with van der Waals surface area (Å²) in [4.78, 5) is 22.7. The van der Waals surface area contributed by atoms with E-state index in [2.05, 4.69) is 15.4 Å². The van der Waals surface area contributed by atoms with Gasteiger partial charge in [0.2, 0.25) is 5.95 Å². The van der Waals surface area contributed by atoms with Crippen molar-refractivity contribution in [3.05, 3.63) is 65.6 Å². The molecule has 0 amide bonds. The number of aryl methyl sites for hydroxylation is 1. The largest absolute Gasteiger partial charge is 0.478 e. The predicted octanol–water partition coefficient (Wildman–Crippen LogP) is 1.74. The molecule has 0 saturated carbocycles. The smallest absolute Gasteiger partial charge is 0.328 e. The highest BCUT2D eigenvalue weighted by Gasteiger charge is 2.28. The normalized spacial score (nSPS) is 11.3. The third-order valence-electron chi connectivity index (χ3n) is 3.97. The van der Waals surface area contributed by atoms with Gasteiger partial charge in [-0.1, -0.05) is 11.6 Å². The van der Waals surface area contributed by atoms with Gasteiger partial charge in [-0.2, -0.15) is 9.49 Å². The molecule has 0 radical (unpaired) electrons. The quantitative estimate of drug-likeness (QED) is 0.325. The third kappa shape index (κ3) is 6.25. The van der Waals surface area contributed by atoms with Crippen molar-refractivity contribution < 1.29 is 32.6 Å². The fraction of sp³-hybridized carbons (Fsp3) is 0.158. The Kier molecular flexibility index (Phi) is 8.45. The molecule has 0 fully saturated rings. The lowest BCUT2D eigenvalue weighted by atomic mass is 10.2. The van der Waals surface area contributed by atoms with E-state index in [0.29, 0.717) is 24.3 Å². The fourth-order valence-electron chi connectivity index (χ4n) is 2.60. The van der Waals surface area contributed by atoms with Crippen molar-refractivity contribution in [2.45, 2.75) is 11.4 Å². The van der Waals surface area contributed by atoms with Crippen molar-refractivity contribution in [3.63, 3.8) is 0 Å². The van der Waals surface area contributed by atoms with Crippen LogP contribution in [0.25, 0.3) is 11.3 Å². The Morgan fingerprint density at radius 1 is 1.24 bits per heavy atom. The Bertz CT molecular complexity index is 1290. The molecule has 3 rings (SSSR count). The van der Waals surface area contributed by atoms with Crippen molar-refractivity contribution in [2.24, 2.45) is 7.05 Å². The van der Waals surface area contributed by atoms with E-state index >= 15 is 0 Å². The molecule has 0 aliphatic heterocycles. The van der Waals surface area contributed by atoms with Gasteiger partial charge in [-0.05, 0) is 19.2 Å². The number of carbonyl (C=O) groups is 2.